The Bertz CT molecular complexity index is 3720. The Hall–Kier alpha value is -8.02. The Kier molecular flexibility index (Phi) is 9.40. The van der Waals surface area contributed by atoms with Crippen LogP contribution in [-0.2, 0) is 12.8 Å². The maximum absolute atomic E-state index is 11.3. The molecule has 1 aliphatic rings. The van der Waals surface area contributed by atoms with Crippen LogP contribution >= 0.6 is 0 Å². The zero-order valence-corrected chi connectivity index (χ0v) is 38.6. The summed E-state index contributed by atoms with van der Waals surface area (Å²) in [6.07, 6.45) is 1.71. The van der Waals surface area contributed by atoms with Crippen molar-refractivity contribution in [3.05, 3.63) is 202 Å². The molecule has 0 unspecified atom stereocenters. The number of furan rings is 1. The van der Waals surface area contributed by atoms with Gasteiger partial charge in [0.15, 0.2) is 5.82 Å². The van der Waals surface area contributed by atoms with Gasteiger partial charge in [-0.3, -0.25) is 4.57 Å². The molecule has 324 valence electrons. The lowest BCUT2D eigenvalue weighted by Gasteiger charge is -2.21. The summed E-state index contributed by atoms with van der Waals surface area (Å²) < 4.78 is 8.96. The summed E-state index contributed by atoms with van der Waals surface area (Å²) >= 11 is 0. The van der Waals surface area contributed by atoms with Crippen LogP contribution in [0.3, 0.4) is 0 Å². The van der Waals surface area contributed by atoms with Gasteiger partial charge in [-0.05, 0) is 152 Å². The van der Waals surface area contributed by atoms with Gasteiger partial charge in [-0.2, -0.15) is 0 Å². The minimum absolute atomic E-state index is 0.251. The van der Waals surface area contributed by atoms with Crippen LogP contribution in [-0.4, -0.2) is 19.6 Å². The molecule has 67 heavy (non-hydrogen) atoms. The highest BCUT2D eigenvalue weighted by atomic mass is 16.3. The first-order chi connectivity index (χ1) is 32.6. The van der Waals surface area contributed by atoms with Gasteiger partial charge < -0.3 is 9.52 Å². The maximum atomic E-state index is 11.3. The van der Waals surface area contributed by atoms with E-state index in [9.17, 15) is 5.11 Å². The van der Waals surface area contributed by atoms with Gasteiger partial charge in [-0.25, -0.2) is 9.97 Å². The molecular weight excluding hydrogens is 819 g/mol. The van der Waals surface area contributed by atoms with E-state index in [1.165, 1.54) is 33.4 Å². The SMILES string of the molecule is Cc1cc(C)cc(-c2cccc(-c3cc(C)cc(C)c3)c2-c2ccc3c(nc(-c4ccc5c(n4)-c4c(O)cccc4CC5)n3-c3c(C)cccc3C)c2-c2ccc3c(c2)oc2ccccc23)c1. The topological polar surface area (TPSA) is 64.1 Å². The zero-order chi connectivity index (χ0) is 45.7. The van der Waals surface area contributed by atoms with Crippen molar-refractivity contribution in [3.8, 4) is 78.7 Å². The number of imidazole rings is 1. The molecular formula is C62H49N3O2. The highest BCUT2D eigenvalue weighted by molar-refractivity contribution is 6.11. The molecule has 11 aromatic rings. The average Bonchev–Trinajstić information content (AvgIpc) is 3.88. The van der Waals surface area contributed by atoms with Gasteiger partial charge in [-0.1, -0.05) is 144 Å². The lowest BCUT2D eigenvalue weighted by atomic mass is 9.83. The largest absolute Gasteiger partial charge is 0.507 e. The molecule has 0 spiro atoms. The fourth-order valence-corrected chi connectivity index (χ4v) is 11.0. The lowest BCUT2D eigenvalue weighted by Crippen LogP contribution is -2.08. The minimum atomic E-state index is 0.251. The third kappa shape index (κ3) is 6.68. The van der Waals surface area contributed by atoms with Gasteiger partial charge in [0, 0.05) is 21.9 Å². The van der Waals surface area contributed by atoms with Crippen molar-refractivity contribution < 1.29 is 9.52 Å². The number of aromatic hydroxyl groups is 1. The van der Waals surface area contributed by atoms with Gasteiger partial charge in [0.05, 0.1) is 22.4 Å². The van der Waals surface area contributed by atoms with Crippen LogP contribution in [0.25, 0.3) is 106 Å². The summed E-state index contributed by atoms with van der Waals surface area (Å²) in [6.45, 7) is 13.1. The van der Waals surface area contributed by atoms with Crippen molar-refractivity contribution in [2.45, 2.75) is 54.4 Å². The van der Waals surface area contributed by atoms with Crippen LogP contribution in [0.5, 0.6) is 5.75 Å². The van der Waals surface area contributed by atoms with E-state index in [0.29, 0.717) is 0 Å². The molecule has 0 fully saturated rings. The molecule has 5 heteroatoms. The van der Waals surface area contributed by atoms with E-state index in [1.807, 2.05) is 18.2 Å². The van der Waals surface area contributed by atoms with Gasteiger partial charge in [-0.15, -0.1) is 0 Å². The summed E-state index contributed by atoms with van der Waals surface area (Å²) in [5.41, 5.74) is 25.2. The summed E-state index contributed by atoms with van der Waals surface area (Å²) in [4.78, 5) is 11.3. The van der Waals surface area contributed by atoms with Gasteiger partial charge >= 0.3 is 0 Å². The number of phenols is 1. The molecule has 0 atom stereocenters. The molecule has 1 N–H and O–H groups in total. The number of nitrogens with zero attached hydrogens (tertiary/aromatic N) is 3. The van der Waals surface area contributed by atoms with Crippen molar-refractivity contribution in [3.63, 3.8) is 0 Å². The highest BCUT2D eigenvalue weighted by Gasteiger charge is 2.28. The first-order valence-corrected chi connectivity index (χ1v) is 23.2. The Morgan fingerprint density at radius 1 is 0.478 bits per heavy atom. The third-order valence-corrected chi connectivity index (χ3v) is 13.8. The number of rotatable bonds is 6. The van der Waals surface area contributed by atoms with E-state index < -0.39 is 0 Å². The fraction of sp³-hybridized carbons (Fsp3) is 0.129. The first-order valence-electron chi connectivity index (χ1n) is 23.2. The molecule has 5 nitrogen and oxygen atoms in total. The summed E-state index contributed by atoms with van der Waals surface area (Å²) in [5, 5.41) is 13.5. The number of aryl methyl sites for hydroxylation is 8. The molecule has 3 aromatic heterocycles. The van der Waals surface area contributed by atoms with Crippen molar-refractivity contribution in [1.29, 1.82) is 0 Å². The number of fused-ring (bicyclic) bond motifs is 7. The van der Waals surface area contributed by atoms with Gasteiger partial charge in [0.1, 0.15) is 22.6 Å². The van der Waals surface area contributed by atoms with Gasteiger partial charge in [0.25, 0.3) is 0 Å². The molecule has 0 aliphatic heterocycles. The second-order valence-corrected chi connectivity index (χ2v) is 18.7. The van der Waals surface area contributed by atoms with E-state index in [4.69, 9.17) is 14.4 Å². The highest BCUT2D eigenvalue weighted by Crippen LogP contribution is 2.49. The number of para-hydroxylation sites is 2. The second-order valence-electron chi connectivity index (χ2n) is 18.7. The molecule has 0 amide bonds. The Labute approximate surface area is 390 Å². The van der Waals surface area contributed by atoms with E-state index in [2.05, 4.69) is 180 Å². The van der Waals surface area contributed by atoms with Crippen molar-refractivity contribution in [2.24, 2.45) is 0 Å². The predicted octanol–water partition coefficient (Wildman–Crippen LogP) is 16.0. The summed E-state index contributed by atoms with van der Waals surface area (Å²) in [6, 6.07) is 56.5. The van der Waals surface area contributed by atoms with E-state index in [-0.39, 0.29) is 5.75 Å². The normalized spacial score (nSPS) is 12.3. The quantitative estimate of drug-likeness (QED) is 0.181. The second kappa shape index (κ2) is 15.6. The van der Waals surface area contributed by atoms with E-state index in [1.54, 1.807) is 6.07 Å². The van der Waals surface area contributed by atoms with Crippen LogP contribution < -0.4 is 0 Å². The smallest absolute Gasteiger partial charge is 0.164 e. The Morgan fingerprint density at radius 3 is 1.84 bits per heavy atom. The number of benzene rings is 8. The average molecular weight is 868 g/mol. The summed E-state index contributed by atoms with van der Waals surface area (Å²) in [7, 11) is 0. The van der Waals surface area contributed by atoms with Crippen LogP contribution in [0.4, 0.5) is 0 Å². The maximum Gasteiger partial charge on any atom is 0.164 e. The molecule has 0 saturated carbocycles. The number of pyridine rings is 1. The zero-order valence-electron chi connectivity index (χ0n) is 38.6. The summed E-state index contributed by atoms with van der Waals surface area (Å²) in [5.74, 6) is 0.986. The number of hydrogen-bond donors (Lipinski definition) is 1. The molecule has 0 radical (unpaired) electrons. The number of aromatic nitrogens is 3. The molecule has 8 aromatic carbocycles. The Morgan fingerprint density at radius 2 is 1.12 bits per heavy atom. The first kappa shape index (κ1) is 40.5. The minimum Gasteiger partial charge on any atom is -0.507 e. The fourth-order valence-electron chi connectivity index (χ4n) is 11.0. The lowest BCUT2D eigenvalue weighted by molar-refractivity contribution is 0.476. The molecule has 0 saturated heterocycles. The van der Waals surface area contributed by atoms with E-state index in [0.717, 1.165) is 130 Å². The van der Waals surface area contributed by atoms with Gasteiger partial charge in [0.2, 0.25) is 0 Å². The van der Waals surface area contributed by atoms with Crippen molar-refractivity contribution in [1.82, 2.24) is 14.5 Å². The van der Waals surface area contributed by atoms with Crippen LogP contribution in [0.2, 0.25) is 0 Å². The number of phenolic OH excluding ortho intramolecular Hbond substituents is 1. The molecule has 0 bridgehead atoms. The van der Waals surface area contributed by atoms with Crippen molar-refractivity contribution >= 4 is 33.0 Å². The molecule has 3 heterocycles. The van der Waals surface area contributed by atoms with Crippen LogP contribution in [0.15, 0.2) is 162 Å². The standard InChI is InChI=1S/C62H49N3O2/c1-35-28-36(2)31-44(30-35)46-16-11-17-47(45-32-37(3)29-38(4)33-45)58(46)50-25-27-52-60(56(50)43-22-24-49-48-15-7-8-19-54(48)67-55(49)34-43)64-62(65(52)61-39(5)12-9-13-40(61)6)51-26-23-42-21-20-41-14-10-18-53(66)57(41)59(42)63-51/h7-19,22-34,66H,20-21H2,1-6H3. The molecule has 12 rings (SSSR count). The van der Waals surface area contributed by atoms with Crippen LogP contribution in [0.1, 0.15) is 44.5 Å². The Balaban J connectivity index is 1.23. The molecule has 1 aliphatic carbocycles. The van der Waals surface area contributed by atoms with E-state index >= 15 is 0 Å². The monoisotopic (exact) mass is 867 g/mol. The third-order valence-electron chi connectivity index (χ3n) is 13.8. The van der Waals surface area contributed by atoms with Crippen LogP contribution in [0, 0.1) is 41.5 Å². The number of hydrogen-bond acceptors (Lipinski definition) is 4. The predicted molar refractivity (Wildman–Crippen MR) is 276 cm³/mol. The van der Waals surface area contributed by atoms with Crippen molar-refractivity contribution in [2.75, 3.05) is 0 Å².